The number of aromatic nitrogens is 2. The summed E-state index contributed by atoms with van der Waals surface area (Å²) in [6.45, 7) is 4.18. The Morgan fingerprint density at radius 3 is 2.36 bits per heavy atom. The number of carbonyl (C=O) groups is 1. The normalized spacial score (nSPS) is 11.1. The maximum atomic E-state index is 11.3. The van der Waals surface area contributed by atoms with Gasteiger partial charge in [-0.2, -0.15) is 0 Å². The zero-order valence-electron chi connectivity index (χ0n) is 14.2. The van der Waals surface area contributed by atoms with Crippen molar-refractivity contribution in [1.82, 2.24) is 10.2 Å². The lowest BCUT2D eigenvalue weighted by atomic mass is 9.94. The molecule has 1 aromatic heterocycles. The fourth-order valence-corrected chi connectivity index (χ4v) is 2.63. The van der Waals surface area contributed by atoms with E-state index in [4.69, 9.17) is 5.73 Å². The fraction of sp³-hybridized carbons (Fsp3) is 0.150. The van der Waals surface area contributed by atoms with Gasteiger partial charge in [0.2, 0.25) is 5.91 Å². The molecule has 0 spiro atoms. The number of nitrogens with one attached hydrogen (secondary N) is 1. The van der Waals surface area contributed by atoms with Crippen LogP contribution in [0.25, 0.3) is 11.3 Å². The number of anilines is 1. The molecular weight excluding hydrogens is 312 g/mol. The van der Waals surface area contributed by atoms with E-state index >= 15 is 0 Å². The molecule has 0 fully saturated rings. The summed E-state index contributed by atoms with van der Waals surface area (Å²) in [5.74, 6) is 0.223. The van der Waals surface area contributed by atoms with Crippen molar-refractivity contribution < 1.29 is 4.79 Å². The van der Waals surface area contributed by atoms with Crippen LogP contribution in [-0.4, -0.2) is 16.1 Å². The lowest BCUT2D eigenvalue weighted by Crippen LogP contribution is -2.28. The van der Waals surface area contributed by atoms with Gasteiger partial charge in [0.15, 0.2) is 0 Å². The summed E-state index contributed by atoms with van der Waals surface area (Å²) >= 11 is 0. The van der Waals surface area contributed by atoms with Crippen LogP contribution in [0, 0.1) is 0 Å². The summed E-state index contributed by atoms with van der Waals surface area (Å²) in [5, 5.41) is 11.9. The molecule has 0 aliphatic heterocycles. The smallest absolute Gasteiger partial charge is 0.248 e. The third-order valence-corrected chi connectivity index (χ3v) is 4.04. The topological polar surface area (TPSA) is 80.9 Å². The maximum Gasteiger partial charge on any atom is 0.248 e. The summed E-state index contributed by atoms with van der Waals surface area (Å²) in [6.07, 6.45) is 0. The number of primary amides is 1. The molecule has 0 saturated carbocycles. The van der Waals surface area contributed by atoms with Crippen LogP contribution in [0.15, 0.2) is 66.7 Å². The predicted molar refractivity (Wildman–Crippen MR) is 99.1 cm³/mol. The zero-order valence-corrected chi connectivity index (χ0v) is 14.2. The quantitative estimate of drug-likeness (QED) is 0.748. The van der Waals surface area contributed by atoms with Crippen molar-refractivity contribution in [2.75, 3.05) is 5.32 Å². The van der Waals surface area contributed by atoms with E-state index in [1.165, 1.54) is 0 Å². The Balaban J connectivity index is 1.81. The highest BCUT2D eigenvalue weighted by Gasteiger charge is 2.20. The zero-order chi connectivity index (χ0) is 17.9. The Morgan fingerprint density at radius 1 is 0.960 bits per heavy atom. The lowest BCUT2D eigenvalue weighted by molar-refractivity contribution is 0.100. The van der Waals surface area contributed by atoms with Gasteiger partial charge in [-0.05, 0) is 43.7 Å². The first-order valence-corrected chi connectivity index (χ1v) is 8.03. The summed E-state index contributed by atoms with van der Waals surface area (Å²) < 4.78 is 0. The van der Waals surface area contributed by atoms with Crippen LogP contribution in [0.4, 0.5) is 5.82 Å². The average molecular weight is 332 g/mol. The van der Waals surface area contributed by atoms with Crippen LogP contribution >= 0.6 is 0 Å². The highest BCUT2D eigenvalue weighted by molar-refractivity contribution is 5.93. The number of carbonyl (C=O) groups excluding carboxylic acids is 1. The van der Waals surface area contributed by atoms with E-state index in [0.29, 0.717) is 17.1 Å². The number of nitrogens with two attached hydrogens (primary N) is 1. The van der Waals surface area contributed by atoms with Gasteiger partial charge in [-0.3, -0.25) is 4.79 Å². The molecule has 126 valence electrons. The summed E-state index contributed by atoms with van der Waals surface area (Å²) in [4.78, 5) is 11.3. The molecule has 25 heavy (non-hydrogen) atoms. The number of nitrogens with zero attached hydrogens (tertiary/aromatic N) is 2. The molecule has 3 rings (SSSR count). The van der Waals surface area contributed by atoms with Gasteiger partial charge in [-0.15, -0.1) is 10.2 Å². The molecule has 0 radical (unpaired) electrons. The second-order valence-corrected chi connectivity index (χ2v) is 6.36. The molecule has 0 atom stereocenters. The van der Waals surface area contributed by atoms with Crippen LogP contribution < -0.4 is 11.1 Å². The van der Waals surface area contributed by atoms with E-state index in [-0.39, 0.29) is 5.54 Å². The molecule has 1 heterocycles. The minimum Gasteiger partial charge on any atom is -0.366 e. The Bertz CT molecular complexity index is 874. The summed E-state index contributed by atoms with van der Waals surface area (Å²) in [7, 11) is 0. The number of hydrogen-bond acceptors (Lipinski definition) is 4. The molecule has 5 nitrogen and oxygen atoms in total. The molecule has 3 N–H and O–H groups in total. The minimum absolute atomic E-state index is 0.274. The highest BCUT2D eigenvalue weighted by Crippen LogP contribution is 2.25. The van der Waals surface area contributed by atoms with Crippen molar-refractivity contribution in [2.45, 2.75) is 19.4 Å². The van der Waals surface area contributed by atoms with Gasteiger partial charge in [0.05, 0.1) is 11.2 Å². The number of amides is 1. The molecule has 2 aromatic carbocycles. The van der Waals surface area contributed by atoms with Crippen LogP contribution in [0.1, 0.15) is 29.8 Å². The van der Waals surface area contributed by atoms with E-state index < -0.39 is 5.91 Å². The van der Waals surface area contributed by atoms with Gasteiger partial charge in [-0.1, -0.05) is 42.5 Å². The fourth-order valence-electron chi connectivity index (χ4n) is 2.63. The standard InChI is InChI=1S/C20H20N4O/c1-20(2,16-9-4-3-5-10-16)22-18-12-11-17(23-24-18)14-7-6-8-15(13-14)19(21)25/h3-13H,1-2H3,(H2,21,25)(H,22,24). The van der Waals surface area contributed by atoms with Crippen molar-refractivity contribution in [3.05, 3.63) is 77.9 Å². The number of rotatable bonds is 5. The van der Waals surface area contributed by atoms with Crippen LogP contribution in [0.5, 0.6) is 0 Å². The van der Waals surface area contributed by atoms with Gasteiger partial charge >= 0.3 is 0 Å². The number of hydrogen-bond donors (Lipinski definition) is 2. The van der Waals surface area contributed by atoms with Gasteiger partial charge in [-0.25, -0.2) is 0 Å². The van der Waals surface area contributed by atoms with Crippen molar-refractivity contribution in [3.8, 4) is 11.3 Å². The third-order valence-electron chi connectivity index (χ3n) is 4.04. The largest absolute Gasteiger partial charge is 0.366 e. The molecule has 5 heteroatoms. The lowest BCUT2D eigenvalue weighted by Gasteiger charge is -2.27. The van der Waals surface area contributed by atoms with Crippen LogP contribution in [-0.2, 0) is 5.54 Å². The van der Waals surface area contributed by atoms with Crippen molar-refractivity contribution >= 4 is 11.7 Å². The molecule has 0 aliphatic carbocycles. The molecule has 3 aromatic rings. The Morgan fingerprint density at radius 2 is 1.72 bits per heavy atom. The summed E-state index contributed by atoms with van der Waals surface area (Å²) in [6, 6.07) is 21.0. The SMILES string of the molecule is CC(C)(Nc1ccc(-c2cccc(C(N)=O)c2)nn1)c1ccccc1. The minimum atomic E-state index is -0.460. The monoisotopic (exact) mass is 332 g/mol. The van der Waals surface area contributed by atoms with Gasteiger partial charge in [0.25, 0.3) is 0 Å². The Labute approximate surface area is 146 Å². The van der Waals surface area contributed by atoms with E-state index in [2.05, 4.69) is 41.5 Å². The first-order valence-electron chi connectivity index (χ1n) is 8.03. The molecule has 1 amide bonds. The van der Waals surface area contributed by atoms with Crippen LogP contribution in [0.3, 0.4) is 0 Å². The van der Waals surface area contributed by atoms with E-state index in [0.717, 1.165) is 11.1 Å². The molecule has 0 unspecified atom stereocenters. The van der Waals surface area contributed by atoms with Crippen molar-refractivity contribution in [2.24, 2.45) is 5.73 Å². The van der Waals surface area contributed by atoms with Gasteiger partial charge in [0.1, 0.15) is 5.82 Å². The third kappa shape index (κ3) is 3.83. The second kappa shape index (κ2) is 6.73. The van der Waals surface area contributed by atoms with Gasteiger partial charge in [0, 0.05) is 11.1 Å². The van der Waals surface area contributed by atoms with Gasteiger partial charge < -0.3 is 11.1 Å². The van der Waals surface area contributed by atoms with E-state index in [1.54, 1.807) is 18.2 Å². The Hall–Kier alpha value is -3.21. The van der Waals surface area contributed by atoms with Crippen molar-refractivity contribution in [1.29, 1.82) is 0 Å². The van der Waals surface area contributed by atoms with Crippen LogP contribution in [0.2, 0.25) is 0 Å². The second-order valence-electron chi connectivity index (χ2n) is 6.36. The first-order chi connectivity index (χ1) is 12.0. The van der Waals surface area contributed by atoms with E-state index in [1.807, 2.05) is 36.4 Å². The average Bonchev–Trinajstić information content (AvgIpc) is 2.63. The molecular formula is C20H20N4O. The maximum absolute atomic E-state index is 11.3. The number of benzene rings is 2. The molecule has 0 bridgehead atoms. The predicted octanol–water partition coefficient (Wildman–Crippen LogP) is 3.59. The summed E-state index contributed by atoms with van der Waals surface area (Å²) in [5.41, 5.74) is 8.15. The van der Waals surface area contributed by atoms with Crippen molar-refractivity contribution in [3.63, 3.8) is 0 Å². The molecule has 0 aliphatic rings. The molecule has 0 saturated heterocycles. The Kier molecular flexibility index (Phi) is 4.48. The van der Waals surface area contributed by atoms with E-state index in [9.17, 15) is 4.79 Å². The highest BCUT2D eigenvalue weighted by atomic mass is 16.1. The first kappa shape index (κ1) is 16.6.